The van der Waals surface area contributed by atoms with Crippen molar-refractivity contribution < 1.29 is 48.5 Å². The van der Waals surface area contributed by atoms with Crippen molar-refractivity contribution in [2.75, 3.05) is 0 Å². The van der Waals surface area contributed by atoms with E-state index in [0.717, 1.165) is 5.56 Å². The van der Waals surface area contributed by atoms with Gasteiger partial charge in [-0.3, -0.25) is 18.7 Å². The Kier molecular flexibility index (Phi) is 7.30. The molecular formula is C14H20O10P2. The summed E-state index contributed by atoms with van der Waals surface area (Å²) >= 11 is 0. The highest BCUT2D eigenvalue weighted by atomic mass is 31.2. The molecule has 0 fully saturated rings. The van der Waals surface area contributed by atoms with E-state index in [0.29, 0.717) is 5.56 Å². The average molecular weight is 410 g/mol. The van der Waals surface area contributed by atoms with Crippen LogP contribution in [-0.2, 0) is 25.1 Å². The highest BCUT2D eigenvalue weighted by molar-refractivity contribution is 7.55. The van der Waals surface area contributed by atoms with Gasteiger partial charge in [0.05, 0.1) is 0 Å². The summed E-state index contributed by atoms with van der Waals surface area (Å²) in [5, 5.41) is 18.3. The van der Waals surface area contributed by atoms with Gasteiger partial charge < -0.3 is 29.8 Å². The molecule has 0 spiro atoms. The van der Waals surface area contributed by atoms with Crippen LogP contribution in [0.15, 0.2) is 24.3 Å². The molecule has 12 heteroatoms. The van der Waals surface area contributed by atoms with Crippen molar-refractivity contribution >= 4 is 27.1 Å². The van der Waals surface area contributed by atoms with E-state index >= 15 is 0 Å². The van der Waals surface area contributed by atoms with E-state index in [1.54, 1.807) is 24.3 Å². The fraction of sp³-hybridized carbons (Fsp3) is 0.429. The van der Waals surface area contributed by atoms with Crippen LogP contribution in [0, 0.1) is 12.8 Å². The lowest BCUT2D eigenvalue weighted by Crippen LogP contribution is -2.41. The van der Waals surface area contributed by atoms with Gasteiger partial charge >= 0.3 is 27.1 Å². The fourth-order valence-electron chi connectivity index (χ4n) is 2.73. The average Bonchev–Trinajstić information content (AvgIpc) is 2.42. The van der Waals surface area contributed by atoms with Crippen molar-refractivity contribution in [3.05, 3.63) is 35.4 Å². The Morgan fingerprint density at radius 2 is 1.27 bits per heavy atom. The molecule has 1 aromatic carbocycles. The van der Waals surface area contributed by atoms with Gasteiger partial charge in [-0.1, -0.05) is 29.8 Å². The first-order valence-electron chi connectivity index (χ1n) is 7.36. The van der Waals surface area contributed by atoms with Crippen molar-refractivity contribution in [2.45, 2.75) is 31.1 Å². The Hall–Kier alpha value is -1.54. The lowest BCUT2D eigenvalue weighted by atomic mass is 9.92. The van der Waals surface area contributed by atoms with Gasteiger partial charge in [0.2, 0.25) is 0 Å². The first-order valence-corrected chi connectivity index (χ1v) is 10.7. The molecule has 0 aliphatic heterocycles. The molecule has 0 saturated carbocycles. The molecular weight excluding hydrogens is 390 g/mol. The zero-order chi connectivity index (χ0) is 20.3. The van der Waals surface area contributed by atoms with Crippen LogP contribution in [0.4, 0.5) is 0 Å². The van der Waals surface area contributed by atoms with Crippen molar-refractivity contribution in [3.8, 4) is 0 Å². The number of carboxylic acids is 2. The zero-order valence-corrected chi connectivity index (χ0v) is 15.5. The molecule has 0 aliphatic carbocycles. The summed E-state index contributed by atoms with van der Waals surface area (Å²) in [6, 6.07) is 6.74. The normalized spacial score (nSPS) is 15.9. The lowest BCUT2D eigenvalue weighted by molar-refractivity contribution is -0.140. The van der Waals surface area contributed by atoms with Crippen LogP contribution in [0.25, 0.3) is 0 Å². The number of carboxylic acid groups (broad SMARTS) is 2. The lowest BCUT2D eigenvalue weighted by Gasteiger charge is -2.29. The predicted molar refractivity (Wildman–Crippen MR) is 89.9 cm³/mol. The Labute approximate surface area is 148 Å². The van der Waals surface area contributed by atoms with Crippen LogP contribution in [0.5, 0.6) is 0 Å². The topological polar surface area (TPSA) is 190 Å². The minimum absolute atomic E-state index is 0.0154. The molecule has 1 aromatic rings. The number of carbonyl (C=O) groups is 2. The van der Waals surface area contributed by atoms with E-state index in [1.807, 2.05) is 6.92 Å². The van der Waals surface area contributed by atoms with E-state index in [9.17, 15) is 48.5 Å². The summed E-state index contributed by atoms with van der Waals surface area (Å²) in [5.74, 6) is -6.02. The number of hydrogen-bond acceptors (Lipinski definition) is 4. The van der Waals surface area contributed by atoms with Gasteiger partial charge in [0.25, 0.3) is 0 Å². The molecule has 26 heavy (non-hydrogen) atoms. The van der Waals surface area contributed by atoms with Crippen molar-refractivity contribution in [3.63, 3.8) is 0 Å². The highest BCUT2D eigenvalue weighted by Crippen LogP contribution is 2.54. The Bertz CT molecular complexity index is 707. The Balaban J connectivity index is 3.33. The molecule has 0 amide bonds. The van der Waals surface area contributed by atoms with E-state index in [-0.39, 0.29) is 6.42 Å². The fourth-order valence-corrected chi connectivity index (χ4v) is 5.08. The van der Waals surface area contributed by atoms with Crippen LogP contribution < -0.4 is 0 Å². The van der Waals surface area contributed by atoms with Gasteiger partial charge in [-0.2, -0.15) is 0 Å². The number of hydrogen-bond donors (Lipinski definition) is 6. The van der Waals surface area contributed by atoms with E-state index in [2.05, 4.69) is 0 Å². The molecule has 1 rings (SSSR count). The van der Waals surface area contributed by atoms with Gasteiger partial charge in [-0.05, 0) is 25.3 Å². The molecule has 0 radical (unpaired) electrons. The quantitative estimate of drug-likeness (QED) is 0.318. The minimum atomic E-state index is -5.39. The van der Waals surface area contributed by atoms with Crippen molar-refractivity contribution in [1.29, 1.82) is 0 Å². The first-order chi connectivity index (χ1) is 11.7. The molecule has 2 atom stereocenters. The van der Waals surface area contributed by atoms with Crippen molar-refractivity contribution in [2.24, 2.45) is 5.92 Å². The standard InChI is InChI=1S/C14H20O10P2/c1-8-2-4-9(5-3-8)6-7-10(11(13(15)16)25(19,20)21)12(14(17)18)26(22,23)24/h2-5,10-12H,6-7H2,1H3,(H,15,16)(H,17,18)(H2,19,20,21)(H2,22,23,24). The van der Waals surface area contributed by atoms with Gasteiger partial charge in [0, 0.05) is 5.92 Å². The zero-order valence-electron chi connectivity index (χ0n) is 13.7. The number of aliphatic carboxylic acids is 2. The summed E-state index contributed by atoms with van der Waals surface area (Å²) in [4.78, 5) is 60.0. The summed E-state index contributed by atoms with van der Waals surface area (Å²) in [6.07, 6.45) is -0.467. The molecule has 10 nitrogen and oxygen atoms in total. The van der Waals surface area contributed by atoms with E-state index in [4.69, 9.17) is 0 Å². The summed E-state index contributed by atoms with van der Waals surface area (Å²) < 4.78 is 23.2. The second-order valence-corrected chi connectivity index (χ2v) is 9.40. The summed E-state index contributed by atoms with van der Waals surface area (Å²) in [7, 11) is -10.8. The maximum Gasteiger partial charge on any atom is 0.340 e. The van der Waals surface area contributed by atoms with Gasteiger partial charge in [-0.25, -0.2) is 0 Å². The van der Waals surface area contributed by atoms with Gasteiger partial charge in [0.1, 0.15) is 0 Å². The van der Waals surface area contributed by atoms with Crippen LogP contribution in [-0.4, -0.2) is 53.0 Å². The SMILES string of the molecule is Cc1ccc(CCC(C(C(=O)O)P(=O)(O)O)C(C(=O)O)P(=O)(O)O)cc1. The van der Waals surface area contributed by atoms with Crippen LogP contribution in [0.2, 0.25) is 0 Å². The maximum atomic E-state index is 11.6. The van der Waals surface area contributed by atoms with Crippen LogP contribution in [0.1, 0.15) is 17.5 Å². The molecule has 0 aliphatic rings. The van der Waals surface area contributed by atoms with Crippen LogP contribution in [0.3, 0.4) is 0 Å². The summed E-state index contributed by atoms with van der Waals surface area (Å²) in [6.45, 7) is 1.81. The predicted octanol–water partition coefficient (Wildman–Crippen LogP) is 0.806. The monoisotopic (exact) mass is 410 g/mol. The molecule has 146 valence electrons. The number of benzene rings is 1. The third kappa shape index (κ3) is 6.02. The van der Waals surface area contributed by atoms with Crippen molar-refractivity contribution in [1.82, 2.24) is 0 Å². The first kappa shape index (κ1) is 22.5. The second kappa shape index (κ2) is 8.43. The molecule has 0 aromatic heterocycles. The third-order valence-corrected chi connectivity index (χ3v) is 6.59. The minimum Gasteiger partial charge on any atom is -0.481 e. The van der Waals surface area contributed by atoms with Crippen LogP contribution >= 0.6 is 15.2 Å². The Morgan fingerprint density at radius 1 is 0.885 bits per heavy atom. The van der Waals surface area contributed by atoms with Gasteiger partial charge in [-0.15, -0.1) is 0 Å². The molecule has 6 N–H and O–H groups in total. The smallest absolute Gasteiger partial charge is 0.340 e. The molecule has 0 bridgehead atoms. The highest BCUT2D eigenvalue weighted by Gasteiger charge is 2.53. The number of aryl methyl sites for hydroxylation is 2. The second-order valence-electron chi connectivity index (χ2n) is 5.93. The Morgan fingerprint density at radius 3 is 1.58 bits per heavy atom. The molecule has 2 unspecified atom stereocenters. The maximum absolute atomic E-state index is 11.6. The summed E-state index contributed by atoms with van der Waals surface area (Å²) in [5.41, 5.74) is -3.59. The van der Waals surface area contributed by atoms with E-state index in [1.165, 1.54) is 0 Å². The molecule has 0 saturated heterocycles. The third-order valence-electron chi connectivity index (χ3n) is 3.93. The van der Waals surface area contributed by atoms with Gasteiger partial charge in [0.15, 0.2) is 11.3 Å². The number of rotatable bonds is 9. The molecule has 0 heterocycles. The van der Waals surface area contributed by atoms with E-state index < -0.39 is 50.8 Å². The largest absolute Gasteiger partial charge is 0.481 e.